The van der Waals surface area contributed by atoms with Crippen LogP contribution in [-0.4, -0.2) is 42.5 Å². The first-order valence-corrected chi connectivity index (χ1v) is 10.8. The molecule has 6 nitrogen and oxygen atoms in total. The molecule has 6 heteroatoms. The molecule has 1 aliphatic heterocycles. The summed E-state index contributed by atoms with van der Waals surface area (Å²) in [4.78, 5) is 28.1. The number of rotatable bonds is 8. The second kappa shape index (κ2) is 11.3. The van der Waals surface area contributed by atoms with E-state index in [4.69, 9.17) is 0 Å². The summed E-state index contributed by atoms with van der Waals surface area (Å²) in [5, 5.41) is 15.6. The van der Waals surface area contributed by atoms with Gasteiger partial charge in [0.2, 0.25) is 5.91 Å². The van der Waals surface area contributed by atoms with Gasteiger partial charge in [-0.2, -0.15) is 0 Å². The monoisotopic (exact) mass is 409 g/mol. The van der Waals surface area contributed by atoms with Gasteiger partial charge in [-0.05, 0) is 36.0 Å². The minimum atomic E-state index is -0.831. The Morgan fingerprint density at radius 1 is 1.13 bits per heavy atom. The number of nitrogens with zero attached hydrogens (tertiary/aromatic N) is 1. The number of aliphatic carboxylic acids is 1. The van der Waals surface area contributed by atoms with E-state index in [1.54, 1.807) is 0 Å². The average molecular weight is 410 g/mol. The smallest absolute Gasteiger partial charge is 0.304 e. The largest absolute Gasteiger partial charge is 0.481 e. The zero-order valence-electron chi connectivity index (χ0n) is 17.4. The van der Waals surface area contributed by atoms with E-state index in [2.05, 4.69) is 15.6 Å². The van der Waals surface area contributed by atoms with Crippen molar-refractivity contribution in [2.45, 2.75) is 50.9 Å². The average Bonchev–Trinajstić information content (AvgIpc) is 3.09. The molecule has 0 aromatic heterocycles. The lowest BCUT2D eigenvalue weighted by molar-refractivity contribution is -0.137. The highest BCUT2D eigenvalue weighted by atomic mass is 16.4. The molecule has 1 aliphatic carbocycles. The Morgan fingerprint density at radius 2 is 2.00 bits per heavy atom. The lowest BCUT2D eigenvalue weighted by Crippen LogP contribution is -2.28. The van der Waals surface area contributed by atoms with Crippen LogP contribution in [0.2, 0.25) is 0 Å². The van der Waals surface area contributed by atoms with E-state index < -0.39 is 5.97 Å². The van der Waals surface area contributed by atoms with Crippen LogP contribution in [0, 0.1) is 0 Å². The summed E-state index contributed by atoms with van der Waals surface area (Å²) in [7, 11) is 0. The molecule has 1 heterocycles. The maximum absolute atomic E-state index is 12.2. The fraction of sp³-hybridized carbons (Fsp3) is 0.458. The summed E-state index contributed by atoms with van der Waals surface area (Å²) in [6, 6.07) is 7.83. The first-order chi connectivity index (χ1) is 14.6. The molecule has 1 atom stereocenters. The summed E-state index contributed by atoms with van der Waals surface area (Å²) in [5.74, 6) is 0.0448. The summed E-state index contributed by atoms with van der Waals surface area (Å²) in [6.45, 7) is 2.06. The Balaban J connectivity index is 1.47. The molecular weight excluding hydrogens is 378 g/mol. The van der Waals surface area contributed by atoms with Crippen LogP contribution in [0.4, 0.5) is 0 Å². The molecule has 1 aromatic carbocycles. The Bertz CT molecular complexity index is 842. The van der Waals surface area contributed by atoms with E-state index in [9.17, 15) is 14.7 Å². The minimum Gasteiger partial charge on any atom is -0.481 e. The van der Waals surface area contributed by atoms with Crippen LogP contribution in [0.15, 0.2) is 47.0 Å². The fourth-order valence-corrected chi connectivity index (χ4v) is 3.86. The van der Waals surface area contributed by atoms with E-state index in [1.807, 2.05) is 42.5 Å². The Labute approximate surface area is 178 Å². The van der Waals surface area contributed by atoms with Gasteiger partial charge in [0.25, 0.3) is 0 Å². The first-order valence-electron chi connectivity index (χ1n) is 10.8. The molecule has 0 saturated heterocycles. The van der Waals surface area contributed by atoms with Crippen molar-refractivity contribution < 1.29 is 14.7 Å². The predicted molar refractivity (Wildman–Crippen MR) is 120 cm³/mol. The quantitative estimate of drug-likeness (QED) is 0.572. The summed E-state index contributed by atoms with van der Waals surface area (Å²) in [6.07, 6.45) is 11.8. The highest BCUT2D eigenvalue weighted by Crippen LogP contribution is 2.30. The third kappa shape index (κ3) is 6.87. The highest BCUT2D eigenvalue weighted by molar-refractivity contribution is 5.82. The number of fused-ring (bicyclic) bond motifs is 1. The van der Waals surface area contributed by atoms with Crippen LogP contribution in [0.1, 0.15) is 62.0 Å². The second-order valence-corrected chi connectivity index (χ2v) is 7.85. The van der Waals surface area contributed by atoms with Gasteiger partial charge in [0.05, 0.1) is 12.3 Å². The van der Waals surface area contributed by atoms with E-state index in [1.165, 1.54) is 12.8 Å². The fourth-order valence-electron chi connectivity index (χ4n) is 3.86. The third-order valence-electron chi connectivity index (χ3n) is 5.46. The molecule has 1 unspecified atom stereocenters. The van der Waals surface area contributed by atoms with Crippen LogP contribution >= 0.6 is 0 Å². The molecule has 1 aromatic rings. The molecular formula is C24H31N3O3. The zero-order chi connectivity index (χ0) is 21.2. The van der Waals surface area contributed by atoms with Crippen molar-refractivity contribution in [2.75, 3.05) is 19.6 Å². The van der Waals surface area contributed by atoms with Gasteiger partial charge in [0.1, 0.15) is 0 Å². The van der Waals surface area contributed by atoms with Crippen molar-refractivity contribution in [3.63, 3.8) is 0 Å². The number of allylic oxidation sites excluding steroid dienone is 1. The number of nitrogens with one attached hydrogen (secondary N) is 2. The lowest BCUT2D eigenvalue weighted by Gasteiger charge is -2.14. The van der Waals surface area contributed by atoms with Crippen molar-refractivity contribution in [1.29, 1.82) is 0 Å². The predicted octanol–water partition coefficient (Wildman–Crippen LogP) is 3.66. The van der Waals surface area contributed by atoms with Crippen LogP contribution < -0.4 is 10.6 Å². The molecule has 0 spiro atoms. The number of carboxylic acids is 1. The number of amides is 1. The van der Waals surface area contributed by atoms with Crippen molar-refractivity contribution in [1.82, 2.24) is 10.6 Å². The number of carbonyl (C=O) groups is 2. The number of benzene rings is 1. The van der Waals surface area contributed by atoms with Gasteiger partial charge < -0.3 is 15.7 Å². The Morgan fingerprint density at radius 3 is 2.87 bits per heavy atom. The molecule has 0 radical (unpaired) electrons. The van der Waals surface area contributed by atoms with Gasteiger partial charge in [-0.25, -0.2) is 0 Å². The summed E-state index contributed by atoms with van der Waals surface area (Å²) >= 11 is 0. The van der Waals surface area contributed by atoms with Crippen molar-refractivity contribution >= 4 is 23.8 Å². The number of carboxylic acid groups (broad SMARTS) is 1. The molecule has 1 amide bonds. The molecule has 3 N–H and O–H groups in total. The van der Waals surface area contributed by atoms with Gasteiger partial charge in [-0.15, -0.1) is 0 Å². The lowest BCUT2D eigenvalue weighted by atomic mass is 9.91. The van der Waals surface area contributed by atoms with Crippen LogP contribution in [-0.2, 0) is 9.59 Å². The van der Waals surface area contributed by atoms with Crippen LogP contribution in [0.25, 0.3) is 6.08 Å². The van der Waals surface area contributed by atoms with E-state index in [-0.39, 0.29) is 18.2 Å². The molecule has 160 valence electrons. The van der Waals surface area contributed by atoms with Gasteiger partial charge >= 0.3 is 5.97 Å². The molecule has 0 saturated carbocycles. The van der Waals surface area contributed by atoms with Crippen LogP contribution in [0.3, 0.4) is 0 Å². The highest BCUT2D eigenvalue weighted by Gasteiger charge is 2.18. The maximum Gasteiger partial charge on any atom is 0.304 e. The number of amidine groups is 1. The number of hydrogen-bond acceptors (Lipinski definition) is 4. The third-order valence-corrected chi connectivity index (χ3v) is 5.46. The van der Waals surface area contributed by atoms with Crippen molar-refractivity contribution in [3.05, 3.63) is 53.1 Å². The maximum atomic E-state index is 12.2. The molecule has 30 heavy (non-hydrogen) atoms. The Hall–Kier alpha value is -2.89. The molecule has 0 fully saturated rings. The number of aliphatic imine (C=N–C) groups is 1. The first kappa shape index (κ1) is 21.8. The van der Waals surface area contributed by atoms with Crippen LogP contribution in [0.5, 0.6) is 0 Å². The number of carbonyl (C=O) groups excluding carboxylic acids is 1. The topological polar surface area (TPSA) is 90.8 Å². The second-order valence-electron chi connectivity index (χ2n) is 7.85. The standard InChI is InChI=1S/C24H31N3O3/c28-23(10-6-14-26-22-9-2-1-5-13-25-22)27-17-18-11-12-19-7-3-4-8-21(19)20(15-18)16-24(29)30/h3-4,7-8,11-12,15,20H,1-2,5-6,9-10,13-14,16-17H2,(H,25,26)(H,27,28)(H,29,30). The van der Waals surface area contributed by atoms with Gasteiger partial charge in [0.15, 0.2) is 0 Å². The molecule has 2 aliphatic rings. The SMILES string of the molecule is O=C(O)CC1C=C(CNC(=O)CCCNC2=NCCCCC2)C=Cc2ccccc21. The summed E-state index contributed by atoms with van der Waals surface area (Å²) < 4.78 is 0. The summed E-state index contributed by atoms with van der Waals surface area (Å²) in [5.41, 5.74) is 2.95. The molecule has 0 bridgehead atoms. The van der Waals surface area contributed by atoms with Crippen molar-refractivity contribution in [2.24, 2.45) is 4.99 Å². The van der Waals surface area contributed by atoms with Gasteiger partial charge in [-0.1, -0.05) is 48.9 Å². The van der Waals surface area contributed by atoms with E-state index in [0.717, 1.165) is 54.9 Å². The van der Waals surface area contributed by atoms with E-state index >= 15 is 0 Å². The van der Waals surface area contributed by atoms with Gasteiger partial charge in [-0.3, -0.25) is 14.6 Å². The molecule has 3 rings (SSSR count). The van der Waals surface area contributed by atoms with Gasteiger partial charge in [0, 0.05) is 38.4 Å². The number of hydrogen-bond donors (Lipinski definition) is 3. The zero-order valence-corrected chi connectivity index (χ0v) is 17.4. The minimum absolute atomic E-state index is 0.00505. The van der Waals surface area contributed by atoms with E-state index in [0.29, 0.717) is 13.0 Å². The Kier molecular flexibility index (Phi) is 8.24. The van der Waals surface area contributed by atoms with Crippen molar-refractivity contribution in [3.8, 4) is 0 Å². The normalized spacial score (nSPS) is 18.3.